The van der Waals surface area contributed by atoms with Gasteiger partial charge in [-0.2, -0.15) is 0 Å². The van der Waals surface area contributed by atoms with Crippen molar-refractivity contribution in [3.63, 3.8) is 0 Å². The second-order valence-corrected chi connectivity index (χ2v) is 6.08. The fraction of sp³-hybridized carbons (Fsp3) is 0.647. The van der Waals surface area contributed by atoms with Gasteiger partial charge in [0, 0.05) is 6.04 Å². The molecule has 1 aromatic carbocycles. The van der Waals surface area contributed by atoms with Gasteiger partial charge in [-0.05, 0) is 42.3 Å². The second kappa shape index (κ2) is 7.58. The largest absolute Gasteiger partial charge is 0.310 e. The molecule has 0 bridgehead atoms. The Kier molecular flexibility index (Phi) is 6.42. The van der Waals surface area contributed by atoms with Gasteiger partial charge in [0.2, 0.25) is 0 Å². The summed E-state index contributed by atoms with van der Waals surface area (Å²) in [4.78, 5) is 0. The highest BCUT2D eigenvalue weighted by Gasteiger charge is 2.12. The average Bonchev–Trinajstić information content (AvgIpc) is 2.27. The first-order valence-corrected chi connectivity index (χ1v) is 7.35. The summed E-state index contributed by atoms with van der Waals surface area (Å²) in [6.07, 6.45) is 2.38. The Bertz CT molecular complexity index is 341. The van der Waals surface area contributed by atoms with Crippen LogP contribution in [0, 0.1) is 11.8 Å². The van der Waals surface area contributed by atoms with E-state index in [0.29, 0.717) is 6.04 Å². The molecule has 0 amide bonds. The van der Waals surface area contributed by atoms with Gasteiger partial charge in [-0.25, -0.2) is 0 Å². The van der Waals surface area contributed by atoms with Crippen molar-refractivity contribution in [3.05, 3.63) is 35.4 Å². The molecule has 0 saturated carbocycles. The predicted molar refractivity (Wildman–Crippen MR) is 80.9 cm³/mol. The predicted octanol–water partition coefficient (Wildman–Crippen LogP) is 4.58. The van der Waals surface area contributed by atoms with Crippen LogP contribution in [0.2, 0.25) is 0 Å². The van der Waals surface area contributed by atoms with Gasteiger partial charge < -0.3 is 5.32 Å². The molecule has 1 atom stereocenters. The summed E-state index contributed by atoms with van der Waals surface area (Å²) in [6, 6.07) is 9.61. The molecule has 0 aliphatic rings. The van der Waals surface area contributed by atoms with Crippen molar-refractivity contribution >= 4 is 0 Å². The third kappa shape index (κ3) is 5.22. The van der Waals surface area contributed by atoms with Crippen molar-refractivity contribution in [2.75, 3.05) is 6.54 Å². The van der Waals surface area contributed by atoms with Gasteiger partial charge in [0.25, 0.3) is 0 Å². The van der Waals surface area contributed by atoms with E-state index in [1.165, 1.54) is 24.0 Å². The summed E-state index contributed by atoms with van der Waals surface area (Å²) in [5.74, 6) is 1.45. The Morgan fingerprint density at radius 3 is 2.33 bits per heavy atom. The summed E-state index contributed by atoms with van der Waals surface area (Å²) < 4.78 is 0. The number of rotatable bonds is 7. The quantitative estimate of drug-likeness (QED) is 0.743. The van der Waals surface area contributed by atoms with Crippen LogP contribution in [0.25, 0.3) is 0 Å². The first kappa shape index (κ1) is 15.2. The van der Waals surface area contributed by atoms with Gasteiger partial charge in [-0.15, -0.1) is 0 Å². The molecule has 18 heavy (non-hydrogen) atoms. The highest BCUT2D eigenvalue weighted by atomic mass is 14.9. The van der Waals surface area contributed by atoms with Crippen LogP contribution in [0.15, 0.2) is 24.3 Å². The molecule has 0 aromatic heterocycles. The minimum absolute atomic E-state index is 0.502. The third-order valence-electron chi connectivity index (χ3n) is 3.15. The van der Waals surface area contributed by atoms with Crippen LogP contribution in [0.5, 0.6) is 0 Å². The van der Waals surface area contributed by atoms with Crippen molar-refractivity contribution in [2.24, 2.45) is 11.8 Å². The second-order valence-electron chi connectivity index (χ2n) is 6.08. The lowest BCUT2D eigenvalue weighted by Crippen LogP contribution is -2.22. The van der Waals surface area contributed by atoms with Crippen LogP contribution in [0.1, 0.15) is 58.2 Å². The lowest BCUT2D eigenvalue weighted by molar-refractivity contribution is 0.438. The van der Waals surface area contributed by atoms with Crippen LogP contribution in [-0.2, 0) is 6.42 Å². The van der Waals surface area contributed by atoms with E-state index < -0.39 is 0 Å². The molecule has 0 aliphatic carbocycles. The fourth-order valence-corrected chi connectivity index (χ4v) is 2.46. The highest BCUT2D eigenvalue weighted by molar-refractivity contribution is 5.26. The van der Waals surface area contributed by atoms with Crippen LogP contribution in [0.3, 0.4) is 0 Å². The molecule has 0 saturated heterocycles. The molecule has 1 heteroatoms. The summed E-state index contributed by atoms with van der Waals surface area (Å²) in [6.45, 7) is 12.4. The number of benzene rings is 1. The molecule has 102 valence electrons. The highest BCUT2D eigenvalue weighted by Crippen LogP contribution is 2.23. The zero-order valence-corrected chi connectivity index (χ0v) is 12.7. The Morgan fingerprint density at radius 2 is 1.78 bits per heavy atom. The topological polar surface area (TPSA) is 12.0 Å². The van der Waals surface area contributed by atoms with E-state index >= 15 is 0 Å². The van der Waals surface area contributed by atoms with Gasteiger partial charge in [0.1, 0.15) is 0 Å². The number of nitrogens with one attached hydrogen (secondary N) is 1. The zero-order chi connectivity index (χ0) is 13.5. The average molecular weight is 247 g/mol. The Balaban J connectivity index is 2.83. The molecule has 1 unspecified atom stereocenters. The fourth-order valence-electron chi connectivity index (χ4n) is 2.46. The lowest BCUT2D eigenvalue weighted by atomic mass is 9.94. The van der Waals surface area contributed by atoms with Gasteiger partial charge >= 0.3 is 0 Å². The number of hydrogen-bond acceptors (Lipinski definition) is 1. The Morgan fingerprint density at radius 1 is 1.06 bits per heavy atom. The van der Waals surface area contributed by atoms with E-state index in [4.69, 9.17) is 0 Å². The SMILES string of the molecule is CCNC(CC(C)C)c1cccc(CC(C)C)c1. The minimum atomic E-state index is 0.502. The number of hydrogen-bond donors (Lipinski definition) is 1. The lowest BCUT2D eigenvalue weighted by Gasteiger charge is -2.21. The van der Waals surface area contributed by atoms with Crippen LogP contribution >= 0.6 is 0 Å². The molecule has 0 radical (unpaired) electrons. The van der Waals surface area contributed by atoms with Crippen molar-refractivity contribution in [2.45, 2.75) is 53.5 Å². The molecule has 1 N–H and O–H groups in total. The van der Waals surface area contributed by atoms with E-state index in [9.17, 15) is 0 Å². The minimum Gasteiger partial charge on any atom is -0.310 e. The summed E-state index contributed by atoms with van der Waals surface area (Å²) in [5, 5.41) is 3.61. The molecule has 0 fully saturated rings. The normalized spacial score (nSPS) is 13.3. The van der Waals surface area contributed by atoms with Crippen molar-refractivity contribution in [1.82, 2.24) is 5.32 Å². The van der Waals surface area contributed by atoms with E-state index in [1.54, 1.807) is 0 Å². The van der Waals surface area contributed by atoms with Gasteiger partial charge in [0.05, 0.1) is 0 Å². The maximum atomic E-state index is 3.61. The molecular formula is C17H29N. The maximum absolute atomic E-state index is 3.61. The summed E-state index contributed by atoms with van der Waals surface area (Å²) in [5.41, 5.74) is 2.91. The molecule has 0 heterocycles. The molecular weight excluding hydrogens is 218 g/mol. The van der Waals surface area contributed by atoms with Crippen LogP contribution in [-0.4, -0.2) is 6.54 Å². The summed E-state index contributed by atoms with van der Waals surface area (Å²) >= 11 is 0. The van der Waals surface area contributed by atoms with Crippen LogP contribution < -0.4 is 5.32 Å². The molecule has 1 rings (SSSR count). The van der Waals surface area contributed by atoms with Crippen molar-refractivity contribution < 1.29 is 0 Å². The molecule has 0 aliphatic heterocycles. The van der Waals surface area contributed by atoms with E-state index in [2.05, 4.69) is 64.2 Å². The van der Waals surface area contributed by atoms with E-state index in [0.717, 1.165) is 18.4 Å². The Hall–Kier alpha value is -0.820. The molecule has 0 spiro atoms. The summed E-state index contributed by atoms with van der Waals surface area (Å²) in [7, 11) is 0. The van der Waals surface area contributed by atoms with E-state index in [-0.39, 0.29) is 0 Å². The van der Waals surface area contributed by atoms with Crippen LogP contribution in [0.4, 0.5) is 0 Å². The monoisotopic (exact) mass is 247 g/mol. The van der Waals surface area contributed by atoms with Gasteiger partial charge in [-0.3, -0.25) is 0 Å². The third-order valence-corrected chi connectivity index (χ3v) is 3.15. The first-order chi connectivity index (χ1) is 8.52. The zero-order valence-electron chi connectivity index (χ0n) is 12.7. The first-order valence-electron chi connectivity index (χ1n) is 7.35. The van der Waals surface area contributed by atoms with Gasteiger partial charge in [-0.1, -0.05) is 58.9 Å². The van der Waals surface area contributed by atoms with Crippen molar-refractivity contribution in [3.8, 4) is 0 Å². The Labute approximate surface area is 113 Å². The van der Waals surface area contributed by atoms with Gasteiger partial charge in [0.15, 0.2) is 0 Å². The smallest absolute Gasteiger partial charge is 0.0322 e. The maximum Gasteiger partial charge on any atom is 0.0322 e. The van der Waals surface area contributed by atoms with Crippen molar-refractivity contribution in [1.29, 1.82) is 0 Å². The molecule has 1 aromatic rings. The molecule has 1 nitrogen and oxygen atoms in total. The van der Waals surface area contributed by atoms with E-state index in [1.807, 2.05) is 0 Å². The standard InChI is InChI=1S/C17H29N/c1-6-18-17(11-14(4)5)16-9-7-8-15(12-16)10-13(2)3/h7-9,12-14,17-18H,6,10-11H2,1-5H3.